The standard InChI is InChI=1S/C14H21ClN4O/c1-9(2)12-17-7-10(15)11(18-12)13(20)19-14(8-16)5-3-4-6-14/h7,9H,3-6,8,16H2,1-2H3,(H,19,20). The first-order valence-corrected chi connectivity index (χ1v) is 7.40. The Morgan fingerprint density at radius 1 is 1.50 bits per heavy atom. The van der Waals surface area contributed by atoms with Crippen molar-refractivity contribution in [3.63, 3.8) is 0 Å². The Hall–Kier alpha value is -1.20. The molecule has 5 nitrogen and oxygen atoms in total. The van der Waals surface area contributed by atoms with E-state index in [4.69, 9.17) is 17.3 Å². The highest BCUT2D eigenvalue weighted by Gasteiger charge is 2.34. The number of nitrogens with one attached hydrogen (secondary N) is 1. The highest BCUT2D eigenvalue weighted by Crippen LogP contribution is 2.29. The van der Waals surface area contributed by atoms with Crippen molar-refractivity contribution in [2.45, 2.75) is 51.0 Å². The Labute approximate surface area is 124 Å². The van der Waals surface area contributed by atoms with Crippen LogP contribution in [0.25, 0.3) is 0 Å². The van der Waals surface area contributed by atoms with E-state index in [2.05, 4.69) is 15.3 Å². The van der Waals surface area contributed by atoms with Gasteiger partial charge in [0, 0.05) is 12.5 Å². The summed E-state index contributed by atoms with van der Waals surface area (Å²) in [5, 5.41) is 3.30. The number of hydrogen-bond acceptors (Lipinski definition) is 4. The zero-order valence-electron chi connectivity index (χ0n) is 11.9. The van der Waals surface area contributed by atoms with E-state index in [0.29, 0.717) is 12.4 Å². The van der Waals surface area contributed by atoms with Crippen LogP contribution in [0.2, 0.25) is 5.02 Å². The van der Waals surface area contributed by atoms with E-state index in [0.717, 1.165) is 25.7 Å². The SMILES string of the molecule is CC(C)c1ncc(Cl)c(C(=O)NC2(CN)CCCC2)n1. The van der Waals surface area contributed by atoms with E-state index in [1.54, 1.807) is 0 Å². The van der Waals surface area contributed by atoms with Crippen molar-refractivity contribution in [2.75, 3.05) is 6.54 Å². The highest BCUT2D eigenvalue weighted by molar-refractivity contribution is 6.33. The van der Waals surface area contributed by atoms with Gasteiger partial charge >= 0.3 is 0 Å². The van der Waals surface area contributed by atoms with Crippen LogP contribution in [-0.4, -0.2) is 28.0 Å². The summed E-state index contributed by atoms with van der Waals surface area (Å²) in [6.45, 7) is 4.39. The zero-order valence-corrected chi connectivity index (χ0v) is 12.7. The molecule has 1 aliphatic rings. The van der Waals surface area contributed by atoms with Crippen LogP contribution in [0, 0.1) is 0 Å². The minimum absolute atomic E-state index is 0.147. The van der Waals surface area contributed by atoms with Crippen LogP contribution in [0.4, 0.5) is 0 Å². The summed E-state index contributed by atoms with van der Waals surface area (Å²) in [7, 11) is 0. The fourth-order valence-corrected chi connectivity index (χ4v) is 2.73. The zero-order chi connectivity index (χ0) is 14.8. The van der Waals surface area contributed by atoms with Crippen LogP contribution in [0.15, 0.2) is 6.20 Å². The van der Waals surface area contributed by atoms with Crippen molar-refractivity contribution in [3.8, 4) is 0 Å². The molecule has 1 aliphatic carbocycles. The van der Waals surface area contributed by atoms with E-state index < -0.39 is 0 Å². The monoisotopic (exact) mass is 296 g/mol. The van der Waals surface area contributed by atoms with Crippen LogP contribution in [-0.2, 0) is 0 Å². The van der Waals surface area contributed by atoms with Crippen molar-refractivity contribution in [2.24, 2.45) is 5.73 Å². The number of rotatable bonds is 4. The Morgan fingerprint density at radius 2 is 2.15 bits per heavy atom. The van der Waals surface area contributed by atoms with Crippen molar-refractivity contribution < 1.29 is 4.79 Å². The van der Waals surface area contributed by atoms with Gasteiger partial charge in [0.05, 0.1) is 16.8 Å². The topological polar surface area (TPSA) is 80.9 Å². The molecule has 0 aliphatic heterocycles. The maximum absolute atomic E-state index is 12.4. The van der Waals surface area contributed by atoms with Crippen molar-refractivity contribution in [1.29, 1.82) is 0 Å². The van der Waals surface area contributed by atoms with Gasteiger partial charge in [0.1, 0.15) is 11.5 Å². The predicted octanol–water partition coefficient (Wildman–Crippen LogP) is 2.25. The minimum atomic E-state index is -0.302. The van der Waals surface area contributed by atoms with E-state index in [1.807, 2.05) is 13.8 Å². The fraction of sp³-hybridized carbons (Fsp3) is 0.643. The summed E-state index contributed by atoms with van der Waals surface area (Å²) in [5.41, 5.74) is 5.77. The van der Waals surface area contributed by atoms with Crippen molar-refractivity contribution >= 4 is 17.5 Å². The Bertz CT molecular complexity index is 498. The third-order valence-electron chi connectivity index (χ3n) is 3.82. The first-order valence-electron chi connectivity index (χ1n) is 7.02. The van der Waals surface area contributed by atoms with Crippen molar-refractivity contribution in [3.05, 3.63) is 22.7 Å². The molecule has 1 amide bonds. The molecule has 2 rings (SSSR count). The molecular weight excluding hydrogens is 276 g/mol. The predicted molar refractivity (Wildman–Crippen MR) is 78.9 cm³/mol. The summed E-state index contributed by atoms with van der Waals surface area (Å²) in [6.07, 6.45) is 5.49. The normalized spacial score (nSPS) is 17.4. The third-order valence-corrected chi connectivity index (χ3v) is 4.10. The second-order valence-corrected chi connectivity index (χ2v) is 6.13. The fourth-order valence-electron chi connectivity index (χ4n) is 2.55. The molecule has 3 N–H and O–H groups in total. The summed E-state index contributed by atoms with van der Waals surface area (Å²) in [4.78, 5) is 20.8. The van der Waals surface area contributed by atoms with Crippen LogP contribution in [0.5, 0.6) is 0 Å². The highest BCUT2D eigenvalue weighted by atomic mass is 35.5. The van der Waals surface area contributed by atoms with Crippen molar-refractivity contribution in [1.82, 2.24) is 15.3 Å². The van der Waals surface area contributed by atoms with Crippen LogP contribution in [0.3, 0.4) is 0 Å². The third kappa shape index (κ3) is 3.10. The molecule has 0 aromatic carbocycles. The van der Waals surface area contributed by atoms with Crippen LogP contribution in [0.1, 0.15) is 61.8 Å². The maximum atomic E-state index is 12.4. The summed E-state index contributed by atoms with van der Waals surface area (Å²) in [6, 6.07) is 0. The Balaban J connectivity index is 2.22. The molecule has 1 fully saturated rings. The molecule has 0 saturated heterocycles. The van der Waals surface area contributed by atoms with Gasteiger partial charge in [-0.25, -0.2) is 9.97 Å². The smallest absolute Gasteiger partial charge is 0.272 e. The summed E-state index contributed by atoms with van der Waals surface area (Å²) < 4.78 is 0. The number of carbonyl (C=O) groups excluding carboxylic acids is 1. The number of aromatic nitrogens is 2. The molecule has 1 saturated carbocycles. The summed E-state index contributed by atoms with van der Waals surface area (Å²) in [5.74, 6) is 0.508. The van der Waals surface area contributed by atoms with Gasteiger partial charge in [-0.1, -0.05) is 38.3 Å². The number of halogens is 1. The summed E-state index contributed by atoms with van der Waals surface area (Å²) >= 11 is 6.05. The minimum Gasteiger partial charge on any atom is -0.344 e. The van der Waals surface area contributed by atoms with Gasteiger partial charge in [0.25, 0.3) is 5.91 Å². The van der Waals surface area contributed by atoms with Gasteiger partial charge in [-0.3, -0.25) is 4.79 Å². The van der Waals surface area contributed by atoms with Crippen LogP contribution < -0.4 is 11.1 Å². The molecule has 0 spiro atoms. The average molecular weight is 297 g/mol. The second kappa shape index (κ2) is 6.06. The van der Waals surface area contributed by atoms with E-state index in [9.17, 15) is 4.79 Å². The average Bonchev–Trinajstić information content (AvgIpc) is 2.88. The van der Waals surface area contributed by atoms with Gasteiger partial charge in [0.2, 0.25) is 0 Å². The second-order valence-electron chi connectivity index (χ2n) is 5.73. The largest absolute Gasteiger partial charge is 0.344 e. The molecule has 0 bridgehead atoms. The molecular formula is C14H21ClN4O. The molecule has 1 aromatic rings. The Morgan fingerprint density at radius 3 is 2.70 bits per heavy atom. The van der Waals surface area contributed by atoms with E-state index >= 15 is 0 Å². The van der Waals surface area contributed by atoms with Gasteiger partial charge < -0.3 is 11.1 Å². The lowest BCUT2D eigenvalue weighted by Crippen LogP contribution is -2.51. The first kappa shape index (κ1) is 15.2. The van der Waals surface area contributed by atoms with E-state index in [-0.39, 0.29) is 28.1 Å². The molecule has 1 heterocycles. The molecule has 110 valence electrons. The number of nitrogens with zero attached hydrogens (tertiary/aromatic N) is 2. The lowest BCUT2D eigenvalue weighted by molar-refractivity contribution is 0.0897. The quantitative estimate of drug-likeness (QED) is 0.893. The lowest BCUT2D eigenvalue weighted by atomic mass is 9.97. The van der Waals surface area contributed by atoms with Gasteiger partial charge in [-0.15, -0.1) is 0 Å². The molecule has 6 heteroatoms. The van der Waals surface area contributed by atoms with Gasteiger partial charge in [0.15, 0.2) is 0 Å². The number of amides is 1. The lowest BCUT2D eigenvalue weighted by Gasteiger charge is -2.28. The van der Waals surface area contributed by atoms with Gasteiger partial charge in [-0.2, -0.15) is 0 Å². The van der Waals surface area contributed by atoms with Gasteiger partial charge in [-0.05, 0) is 12.8 Å². The number of hydrogen-bond donors (Lipinski definition) is 2. The molecule has 1 aromatic heterocycles. The number of nitrogens with two attached hydrogens (primary N) is 1. The molecule has 0 atom stereocenters. The van der Waals surface area contributed by atoms with Crippen LogP contribution >= 0.6 is 11.6 Å². The molecule has 20 heavy (non-hydrogen) atoms. The molecule has 0 radical (unpaired) electrons. The van der Waals surface area contributed by atoms with E-state index in [1.165, 1.54) is 6.20 Å². The first-order chi connectivity index (χ1) is 9.47. The Kier molecular flexibility index (Phi) is 4.60. The maximum Gasteiger partial charge on any atom is 0.272 e. The number of carbonyl (C=O) groups is 1. The molecule has 0 unspecified atom stereocenters.